The van der Waals surface area contributed by atoms with Crippen LogP contribution in [0.4, 0.5) is 0 Å². The zero-order chi connectivity index (χ0) is 18.2. The highest BCUT2D eigenvalue weighted by molar-refractivity contribution is 5.87. The standard InChI is InChI=1S/C19H23N3O3/c1-19(2,3)16-5-4-13-6-7-21(10-14(13)8-16)17(23)12-22-11-15(9-20-22)18(24)25/h4-5,8-9,11H,6-7,10,12H2,1-3H3,(H,24,25). The van der Waals surface area contributed by atoms with Crippen molar-refractivity contribution in [2.75, 3.05) is 6.54 Å². The maximum atomic E-state index is 12.6. The summed E-state index contributed by atoms with van der Waals surface area (Å²) < 4.78 is 1.38. The largest absolute Gasteiger partial charge is 0.478 e. The first-order chi connectivity index (χ1) is 11.7. The number of nitrogens with zero attached hydrogens (tertiary/aromatic N) is 3. The number of hydrogen-bond donors (Lipinski definition) is 1. The summed E-state index contributed by atoms with van der Waals surface area (Å²) in [6, 6.07) is 6.54. The second-order valence-corrected chi connectivity index (χ2v) is 7.53. The third-order valence-electron chi connectivity index (χ3n) is 4.61. The first-order valence-electron chi connectivity index (χ1n) is 8.40. The van der Waals surface area contributed by atoms with E-state index in [4.69, 9.17) is 5.11 Å². The molecule has 1 amide bonds. The summed E-state index contributed by atoms with van der Waals surface area (Å²) in [5, 5.41) is 12.9. The summed E-state index contributed by atoms with van der Waals surface area (Å²) in [5.41, 5.74) is 3.91. The van der Waals surface area contributed by atoms with Gasteiger partial charge in [0.25, 0.3) is 0 Å². The van der Waals surface area contributed by atoms with E-state index in [1.54, 1.807) is 0 Å². The van der Waals surface area contributed by atoms with Crippen LogP contribution in [0.5, 0.6) is 0 Å². The molecule has 0 fully saturated rings. The van der Waals surface area contributed by atoms with Crippen molar-refractivity contribution in [3.63, 3.8) is 0 Å². The van der Waals surface area contributed by atoms with E-state index in [-0.39, 0.29) is 23.4 Å². The quantitative estimate of drug-likeness (QED) is 0.930. The molecule has 25 heavy (non-hydrogen) atoms. The third kappa shape index (κ3) is 3.73. The van der Waals surface area contributed by atoms with Gasteiger partial charge in [0.05, 0.1) is 11.8 Å². The first-order valence-corrected chi connectivity index (χ1v) is 8.40. The molecule has 2 aromatic rings. The monoisotopic (exact) mass is 341 g/mol. The lowest BCUT2D eigenvalue weighted by Crippen LogP contribution is -2.38. The Kier molecular flexibility index (Phi) is 4.37. The van der Waals surface area contributed by atoms with Crippen molar-refractivity contribution >= 4 is 11.9 Å². The van der Waals surface area contributed by atoms with Crippen molar-refractivity contribution in [2.24, 2.45) is 0 Å². The summed E-state index contributed by atoms with van der Waals surface area (Å²) in [6.07, 6.45) is 3.48. The van der Waals surface area contributed by atoms with Crippen LogP contribution in [0.15, 0.2) is 30.6 Å². The summed E-state index contributed by atoms with van der Waals surface area (Å²) in [5.74, 6) is -1.09. The lowest BCUT2D eigenvalue weighted by Gasteiger charge is -2.30. The highest BCUT2D eigenvalue weighted by Crippen LogP contribution is 2.27. The van der Waals surface area contributed by atoms with Gasteiger partial charge in [-0.1, -0.05) is 39.0 Å². The lowest BCUT2D eigenvalue weighted by atomic mass is 9.84. The predicted octanol–water partition coefficient (Wildman–Crippen LogP) is 2.46. The fourth-order valence-electron chi connectivity index (χ4n) is 3.04. The summed E-state index contributed by atoms with van der Waals surface area (Å²) in [4.78, 5) is 25.3. The van der Waals surface area contributed by atoms with E-state index in [1.807, 2.05) is 4.90 Å². The van der Waals surface area contributed by atoms with Gasteiger partial charge in [0.15, 0.2) is 0 Å². The zero-order valence-electron chi connectivity index (χ0n) is 14.8. The van der Waals surface area contributed by atoms with Crippen LogP contribution in [0.3, 0.4) is 0 Å². The van der Waals surface area contributed by atoms with Crippen LogP contribution in [0.2, 0.25) is 0 Å². The number of hydrogen-bond acceptors (Lipinski definition) is 3. The maximum Gasteiger partial charge on any atom is 0.338 e. The SMILES string of the molecule is CC(C)(C)c1ccc2c(c1)CN(C(=O)Cn1cc(C(=O)O)cn1)CC2. The highest BCUT2D eigenvalue weighted by atomic mass is 16.4. The number of carbonyl (C=O) groups is 2. The van der Waals surface area contributed by atoms with Gasteiger partial charge in [0.2, 0.25) is 5.91 Å². The van der Waals surface area contributed by atoms with E-state index >= 15 is 0 Å². The average Bonchev–Trinajstić information content (AvgIpc) is 3.01. The molecule has 6 heteroatoms. The van der Waals surface area contributed by atoms with Gasteiger partial charge in [0.1, 0.15) is 6.54 Å². The molecule has 1 aromatic carbocycles. The molecule has 2 heterocycles. The first kappa shape index (κ1) is 17.2. The topological polar surface area (TPSA) is 75.4 Å². The Morgan fingerprint density at radius 1 is 1.24 bits per heavy atom. The van der Waals surface area contributed by atoms with Crippen LogP contribution >= 0.6 is 0 Å². The van der Waals surface area contributed by atoms with Gasteiger partial charge in [-0.05, 0) is 28.5 Å². The van der Waals surface area contributed by atoms with Crippen molar-refractivity contribution < 1.29 is 14.7 Å². The molecule has 1 N–H and O–H groups in total. The van der Waals surface area contributed by atoms with Crippen molar-refractivity contribution in [3.05, 3.63) is 52.8 Å². The Balaban J connectivity index is 1.72. The number of benzene rings is 1. The van der Waals surface area contributed by atoms with Crippen LogP contribution in [0, 0.1) is 0 Å². The number of carboxylic acid groups (broad SMARTS) is 1. The van der Waals surface area contributed by atoms with Crippen molar-refractivity contribution in [1.82, 2.24) is 14.7 Å². The van der Waals surface area contributed by atoms with E-state index in [9.17, 15) is 9.59 Å². The Morgan fingerprint density at radius 2 is 2.00 bits per heavy atom. The molecule has 0 radical (unpaired) electrons. The smallest absolute Gasteiger partial charge is 0.338 e. The fourth-order valence-corrected chi connectivity index (χ4v) is 3.04. The molecule has 0 spiro atoms. The number of rotatable bonds is 3. The van der Waals surface area contributed by atoms with E-state index in [0.717, 1.165) is 6.42 Å². The minimum absolute atomic E-state index is 0.0492. The summed E-state index contributed by atoms with van der Waals surface area (Å²) in [6.45, 7) is 7.86. The van der Waals surface area contributed by atoms with Crippen molar-refractivity contribution in [3.8, 4) is 0 Å². The molecular weight excluding hydrogens is 318 g/mol. The highest BCUT2D eigenvalue weighted by Gasteiger charge is 2.23. The lowest BCUT2D eigenvalue weighted by molar-refractivity contribution is -0.133. The van der Waals surface area contributed by atoms with E-state index in [2.05, 4.69) is 44.1 Å². The number of carboxylic acids is 1. The van der Waals surface area contributed by atoms with Crippen LogP contribution in [0.25, 0.3) is 0 Å². The summed E-state index contributed by atoms with van der Waals surface area (Å²) in [7, 11) is 0. The molecule has 3 rings (SSSR count). The zero-order valence-corrected chi connectivity index (χ0v) is 14.8. The molecule has 0 bridgehead atoms. The van der Waals surface area contributed by atoms with Gasteiger partial charge < -0.3 is 10.0 Å². The third-order valence-corrected chi connectivity index (χ3v) is 4.61. The molecule has 6 nitrogen and oxygen atoms in total. The number of fused-ring (bicyclic) bond motifs is 1. The normalized spacial score (nSPS) is 14.3. The molecule has 0 aliphatic carbocycles. The Hall–Kier alpha value is -2.63. The van der Waals surface area contributed by atoms with Gasteiger partial charge in [0, 0.05) is 19.3 Å². The molecule has 0 saturated heterocycles. The molecule has 0 saturated carbocycles. The second-order valence-electron chi connectivity index (χ2n) is 7.53. The molecule has 1 aliphatic heterocycles. The minimum Gasteiger partial charge on any atom is -0.478 e. The molecule has 1 aliphatic rings. The number of amides is 1. The number of aromatic carboxylic acids is 1. The van der Waals surface area contributed by atoms with Crippen LogP contribution in [0.1, 0.15) is 47.8 Å². The fraction of sp³-hybridized carbons (Fsp3) is 0.421. The predicted molar refractivity (Wildman–Crippen MR) is 93.4 cm³/mol. The molecule has 0 unspecified atom stereocenters. The molecular formula is C19H23N3O3. The van der Waals surface area contributed by atoms with Gasteiger partial charge in [-0.2, -0.15) is 5.10 Å². The van der Waals surface area contributed by atoms with Crippen LogP contribution < -0.4 is 0 Å². The molecule has 132 valence electrons. The van der Waals surface area contributed by atoms with E-state index in [0.29, 0.717) is 13.1 Å². The van der Waals surface area contributed by atoms with E-state index < -0.39 is 5.97 Å². The van der Waals surface area contributed by atoms with Gasteiger partial charge in [-0.15, -0.1) is 0 Å². The van der Waals surface area contributed by atoms with Crippen molar-refractivity contribution in [1.29, 1.82) is 0 Å². The number of carbonyl (C=O) groups excluding carboxylic acids is 1. The van der Waals surface area contributed by atoms with Gasteiger partial charge in [-0.3, -0.25) is 9.48 Å². The van der Waals surface area contributed by atoms with Crippen LogP contribution in [-0.4, -0.2) is 38.2 Å². The molecule has 0 atom stereocenters. The average molecular weight is 341 g/mol. The second kappa shape index (κ2) is 6.35. The summed E-state index contributed by atoms with van der Waals surface area (Å²) >= 11 is 0. The van der Waals surface area contributed by atoms with E-state index in [1.165, 1.54) is 33.8 Å². The minimum atomic E-state index is -1.04. The Bertz CT molecular complexity index is 818. The maximum absolute atomic E-state index is 12.6. The Morgan fingerprint density at radius 3 is 2.64 bits per heavy atom. The Labute approximate surface area is 147 Å². The number of aromatic nitrogens is 2. The van der Waals surface area contributed by atoms with Crippen LogP contribution in [-0.2, 0) is 29.7 Å². The van der Waals surface area contributed by atoms with Gasteiger partial charge in [-0.25, -0.2) is 4.79 Å². The molecule has 1 aromatic heterocycles. The van der Waals surface area contributed by atoms with Gasteiger partial charge >= 0.3 is 5.97 Å². The van der Waals surface area contributed by atoms with Crippen molar-refractivity contribution in [2.45, 2.75) is 45.7 Å².